The number of carbonyl (C=O) groups excluding carboxylic acids is 1. The summed E-state index contributed by atoms with van der Waals surface area (Å²) in [6, 6.07) is 4.04. The van der Waals surface area contributed by atoms with Gasteiger partial charge in [0.1, 0.15) is 11.4 Å². The number of hydrogen-bond acceptors (Lipinski definition) is 5. The van der Waals surface area contributed by atoms with Crippen molar-refractivity contribution >= 4 is 17.0 Å². The van der Waals surface area contributed by atoms with Gasteiger partial charge >= 0.3 is 6.09 Å². The summed E-state index contributed by atoms with van der Waals surface area (Å²) in [5, 5.41) is 1.05. The largest absolute Gasteiger partial charge is 0.496 e. The lowest BCUT2D eigenvalue weighted by molar-refractivity contribution is 0.000910. The van der Waals surface area contributed by atoms with Gasteiger partial charge in [-0.3, -0.25) is 9.47 Å². The van der Waals surface area contributed by atoms with E-state index in [1.807, 2.05) is 46.0 Å². The van der Waals surface area contributed by atoms with E-state index in [0.29, 0.717) is 6.10 Å². The lowest BCUT2D eigenvalue weighted by Gasteiger charge is -2.32. The molecule has 170 valence electrons. The smallest absolute Gasteiger partial charge is 0.419 e. The zero-order valence-corrected chi connectivity index (χ0v) is 19.6. The van der Waals surface area contributed by atoms with E-state index in [4.69, 9.17) is 14.2 Å². The summed E-state index contributed by atoms with van der Waals surface area (Å²) in [7, 11) is 1.72. The van der Waals surface area contributed by atoms with Crippen LogP contribution in [0.5, 0.6) is 5.75 Å². The molecule has 0 N–H and O–H groups in total. The Bertz CT molecular complexity index is 931. The molecule has 0 amide bonds. The van der Waals surface area contributed by atoms with E-state index in [-0.39, 0.29) is 6.09 Å². The van der Waals surface area contributed by atoms with Gasteiger partial charge in [0.05, 0.1) is 18.7 Å². The van der Waals surface area contributed by atoms with Crippen LogP contribution in [0.2, 0.25) is 0 Å². The van der Waals surface area contributed by atoms with Gasteiger partial charge in [0, 0.05) is 43.4 Å². The Hall–Kier alpha value is -2.05. The summed E-state index contributed by atoms with van der Waals surface area (Å²) in [5.74, 6) is 1.69. The first kappa shape index (κ1) is 22.2. The maximum atomic E-state index is 12.8. The average Bonchev–Trinajstić information content (AvgIpc) is 3.43. The minimum absolute atomic E-state index is 0.352. The molecule has 0 spiro atoms. The van der Waals surface area contributed by atoms with Crippen LogP contribution in [0.3, 0.4) is 0 Å². The van der Waals surface area contributed by atoms with Crippen molar-refractivity contribution < 1.29 is 19.0 Å². The van der Waals surface area contributed by atoms with Crippen molar-refractivity contribution in [3.05, 3.63) is 29.5 Å². The van der Waals surface area contributed by atoms with Gasteiger partial charge in [0.25, 0.3) is 0 Å². The fourth-order valence-electron chi connectivity index (χ4n) is 4.39. The number of hydrogen-bond donors (Lipinski definition) is 0. The summed E-state index contributed by atoms with van der Waals surface area (Å²) in [4.78, 5) is 15.2. The van der Waals surface area contributed by atoms with Crippen LogP contribution in [0.4, 0.5) is 4.79 Å². The van der Waals surface area contributed by atoms with Gasteiger partial charge in [-0.1, -0.05) is 0 Å². The van der Waals surface area contributed by atoms with Crippen molar-refractivity contribution in [1.29, 1.82) is 0 Å². The molecule has 0 atom stereocenters. The van der Waals surface area contributed by atoms with E-state index in [2.05, 4.69) is 4.90 Å². The standard InChI is InChI=1S/C25H36N2O4/c1-17-14-22(29-5)21(15-26-11-8-19(9-12-26)30-16-18-6-7-18)20-10-13-27(23(17)20)24(28)31-25(2,3)4/h10,13-14,18-19H,6-9,11-12,15-16H2,1-5H3. The zero-order valence-electron chi connectivity index (χ0n) is 19.6. The van der Waals surface area contributed by atoms with Gasteiger partial charge in [-0.2, -0.15) is 0 Å². The molecule has 1 aliphatic carbocycles. The molecule has 2 aliphatic rings. The first-order chi connectivity index (χ1) is 14.7. The van der Waals surface area contributed by atoms with Crippen molar-refractivity contribution in [2.24, 2.45) is 5.92 Å². The molecule has 2 heterocycles. The summed E-state index contributed by atoms with van der Waals surface area (Å²) in [6.07, 6.45) is 6.68. The van der Waals surface area contributed by atoms with Crippen LogP contribution >= 0.6 is 0 Å². The number of fused-ring (bicyclic) bond motifs is 1. The van der Waals surface area contributed by atoms with Gasteiger partial charge < -0.3 is 14.2 Å². The van der Waals surface area contributed by atoms with Crippen molar-refractivity contribution in [2.75, 3.05) is 26.8 Å². The maximum absolute atomic E-state index is 12.8. The molecule has 1 aromatic carbocycles. The van der Waals surface area contributed by atoms with Crippen LogP contribution in [0.25, 0.3) is 10.9 Å². The Morgan fingerprint density at radius 3 is 2.48 bits per heavy atom. The van der Waals surface area contributed by atoms with Crippen LogP contribution in [-0.4, -0.2) is 54.1 Å². The zero-order chi connectivity index (χ0) is 22.2. The predicted molar refractivity (Wildman–Crippen MR) is 122 cm³/mol. The predicted octanol–water partition coefficient (Wildman–Crippen LogP) is 5.13. The van der Waals surface area contributed by atoms with E-state index >= 15 is 0 Å². The highest BCUT2D eigenvalue weighted by molar-refractivity contribution is 5.95. The number of nitrogens with zero attached hydrogens (tertiary/aromatic N) is 2. The lowest BCUT2D eigenvalue weighted by atomic mass is 10.0. The van der Waals surface area contributed by atoms with Crippen molar-refractivity contribution in [3.8, 4) is 5.75 Å². The van der Waals surface area contributed by atoms with Gasteiger partial charge in [-0.15, -0.1) is 0 Å². The van der Waals surface area contributed by atoms with Gasteiger partial charge in [0.15, 0.2) is 0 Å². The van der Waals surface area contributed by atoms with Crippen LogP contribution in [-0.2, 0) is 16.0 Å². The van der Waals surface area contributed by atoms with E-state index in [1.165, 1.54) is 12.8 Å². The second kappa shape index (κ2) is 8.83. The van der Waals surface area contributed by atoms with Crippen LogP contribution in [0, 0.1) is 12.8 Å². The third-order valence-electron chi connectivity index (χ3n) is 6.22. The molecule has 4 rings (SSSR count). The highest BCUT2D eigenvalue weighted by atomic mass is 16.6. The van der Waals surface area contributed by atoms with Gasteiger partial charge in [-0.05, 0) is 77.0 Å². The summed E-state index contributed by atoms with van der Waals surface area (Å²) < 4.78 is 19.1. The maximum Gasteiger partial charge on any atom is 0.419 e. The number of likely N-dealkylation sites (tertiary alicyclic amines) is 1. The van der Waals surface area contributed by atoms with Gasteiger partial charge in [0.2, 0.25) is 0 Å². The first-order valence-corrected chi connectivity index (χ1v) is 11.5. The average molecular weight is 429 g/mol. The molecule has 0 radical (unpaired) electrons. The third kappa shape index (κ3) is 5.24. The number of carbonyl (C=O) groups is 1. The van der Waals surface area contributed by atoms with Crippen molar-refractivity contribution in [1.82, 2.24) is 9.47 Å². The number of methoxy groups -OCH3 is 1. The molecule has 31 heavy (non-hydrogen) atoms. The molecule has 1 saturated heterocycles. The molecule has 2 fully saturated rings. The van der Waals surface area contributed by atoms with E-state index < -0.39 is 5.60 Å². The van der Waals surface area contributed by atoms with Crippen LogP contribution < -0.4 is 4.74 Å². The van der Waals surface area contributed by atoms with Crippen molar-refractivity contribution in [2.45, 2.75) is 71.6 Å². The van der Waals surface area contributed by atoms with E-state index in [9.17, 15) is 4.79 Å². The third-order valence-corrected chi connectivity index (χ3v) is 6.22. The van der Waals surface area contributed by atoms with E-state index in [1.54, 1.807) is 11.7 Å². The Labute approximate surface area is 185 Å². The fourth-order valence-corrected chi connectivity index (χ4v) is 4.39. The topological polar surface area (TPSA) is 52.9 Å². The highest BCUT2D eigenvalue weighted by Crippen LogP contribution is 2.34. The second-order valence-electron chi connectivity index (χ2n) is 10.1. The van der Waals surface area contributed by atoms with Crippen LogP contribution in [0.15, 0.2) is 18.3 Å². The molecule has 2 aromatic rings. The number of aromatic nitrogens is 1. The Balaban J connectivity index is 1.53. The Morgan fingerprint density at radius 2 is 1.87 bits per heavy atom. The van der Waals surface area contributed by atoms with Gasteiger partial charge in [-0.25, -0.2) is 4.79 Å². The summed E-state index contributed by atoms with van der Waals surface area (Å²) in [6.45, 7) is 11.4. The van der Waals surface area contributed by atoms with Crippen molar-refractivity contribution in [3.63, 3.8) is 0 Å². The highest BCUT2D eigenvalue weighted by Gasteiger charge is 2.27. The summed E-state index contributed by atoms with van der Waals surface area (Å²) >= 11 is 0. The monoisotopic (exact) mass is 428 g/mol. The Kier molecular flexibility index (Phi) is 6.31. The molecular formula is C25H36N2O4. The number of rotatable bonds is 6. The SMILES string of the molecule is COc1cc(C)c2c(ccn2C(=O)OC(C)(C)C)c1CN1CCC(OCC2CC2)CC1. The molecule has 0 unspecified atom stereocenters. The molecule has 6 nitrogen and oxygen atoms in total. The number of aryl methyl sites for hydroxylation is 1. The fraction of sp³-hybridized carbons (Fsp3) is 0.640. The molecular weight excluding hydrogens is 392 g/mol. The van der Waals surface area contributed by atoms with E-state index in [0.717, 1.165) is 72.8 Å². The normalized spacial score (nSPS) is 18.5. The number of benzene rings is 1. The quantitative estimate of drug-likeness (QED) is 0.638. The molecule has 1 saturated carbocycles. The molecule has 1 aromatic heterocycles. The number of piperidine rings is 1. The minimum atomic E-state index is -0.539. The lowest BCUT2D eigenvalue weighted by Crippen LogP contribution is -2.37. The first-order valence-electron chi connectivity index (χ1n) is 11.5. The molecule has 0 bridgehead atoms. The molecule has 1 aliphatic heterocycles. The molecule has 6 heteroatoms. The number of ether oxygens (including phenoxy) is 3. The summed E-state index contributed by atoms with van der Waals surface area (Å²) in [5.41, 5.74) is 2.48. The van der Waals surface area contributed by atoms with Crippen LogP contribution in [0.1, 0.15) is 57.6 Å². The Morgan fingerprint density at radius 1 is 1.16 bits per heavy atom. The minimum Gasteiger partial charge on any atom is -0.496 e. The second-order valence-corrected chi connectivity index (χ2v) is 10.1.